The van der Waals surface area contributed by atoms with Gasteiger partial charge in [-0.3, -0.25) is 4.79 Å². The van der Waals surface area contributed by atoms with Crippen molar-refractivity contribution >= 4 is 33.1 Å². The van der Waals surface area contributed by atoms with Crippen LogP contribution in [0.3, 0.4) is 0 Å². The van der Waals surface area contributed by atoms with Crippen LogP contribution in [0.5, 0.6) is 0 Å². The Bertz CT molecular complexity index is 1530. The zero-order chi connectivity index (χ0) is 26.4. The standard InChI is InChI=1S/C27H33N7O3S/c1-33(2)38(36,37)30-27(35)19-12-13-22-23(15-19)34-16-20(26-28-31-32-29-26)14-18-10-6-7-11-21(18)25(34)24(22)17-8-4-3-5-9-17/h6-7,10-15,17,26,28-29,31-32H,3-5,8-9,16H2,1-2H3,(H,30,35). The summed E-state index contributed by atoms with van der Waals surface area (Å²) in [6.45, 7) is 0.600. The SMILES string of the molecule is CN(C)S(=O)(=O)NC(=O)c1ccc2c(C3CCCCC3)c3n(c2c1)CC(C1NNNN1)=Cc1ccccc1-3. The molecule has 3 aromatic rings. The van der Waals surface area contributed by atoms with E-state index in [0.29, 0.717) is 18.0 Å². The van der Waals surface area contributed by atoms with Crippen molar-refractivity contribution in [3.8, 4) is 11.3 Å². The van der Waals surface area contributed by atoms with Crippen LogP contribution in [0, 0.1) is 0 Å². The minimum Gasteiger partial charge on any atom is -0.336 e. The molecule has 0 spiro atoms. The molecular formula is C27H33N7O3S. The van der Waals surface area contributed by atoms with Crippen LogP contribution in [-0.4, -0.2) is 43.5 Å². The average molecular weight is 536 g/mol. The number of hydrogen-bond donors (Lipinski definition) is 5. The molecule has 3 aliphatic rings. The molecule has 0 radical (unpaired) electrons. The quantitative estimate of drug-likeness (QED) is 0.341. The molecule has 1 saturated heterocycles. The summed E-state index contributed by atoms with van der Waals surface area (Å²) in [6.07, 6.45) is 8.03. The van der Waals surface area contributed by atoms with E-state index < -0.39 is 16.1 Å². The molecule has 1 aliphatic carbocycles. The maximum atomic E-state index is 13.1. The number of carbonyl (C=O) groups excluding carboxylic acids is 1. The monoisotopic (exact) mass is 535 g/mol. The van der Waals surface area contributed by atoms with E-state index in [1.54, 1.807) is 6.07 Å². The van der Waals surface area contributed by atoms with E-state index in [1.807, 2.05) is 12.1 Å². The number of nitrogens with one attached hydrogen (secondary N) is 5. The second-order valence-corrected chi connectivity index (χ2v) is 12.3. The van der Waals surface area contributed by atoms with Gasteiger partial charge in [0.2, 0.25) is 0 Å². The molecule has 2 aromatic carbocycles. The van der Waals surface area contributed by atoms with Crippen molar-refractivity contribution in [1.29, 1.82) is 0 Å². The Kier molecular flexibility index (Phi) is 6.58. The van der Waals surface area contributed by atoms with Crippen molar-refractivity contribution in [2.75, 3.05) is 14.1 Å². The fraction of sp³-hybridized carbons (Fsp3) is 0.370. The molecule has 1 saturated carbocycles. The summed E-state index contributed by atoms with van der Waals surface area (Å²) in [7, 11) is -1.12. The Morgan fingerprint density at radius 3 is 2.50 bits per heavy atom. The van der Waals surface area contributed by atoms with Crippen LogP contribution in [0.1, 0.15) is 59.5 Å². The van der Waals surface area contributed by atoms with Crippen molar-refractivity contribution in [3.63, 3.8) is 0 Å². The first kappa shape index (κ1) is 25.2. The van der Waals surface area contributed by atoms with E-state index in [-0.39, 0.29) is 6.17 Å². The molecule has 0 bridgehead atoms. The van der Waals surface area contributed by atoms with Gasteiger partial charge in [0.25, 0.3) is 5.91 Å². The van der Waals surface area contributed by atoms with Crippen molar-refractivity contribution < 1.29 is 13.2 Å². The van der Waals surface area contributed by atoms with Gasteiger partial charge in [0.05, 0.1) is 5.69 Å². The summed E-state index contributed by atoms with van der Waals surface area (Å²) in [5, 5.41) is 1.12. The van der Waals surface area contributed by atoms with Crippen LogP contribution < -0.4 is 26.6 Å². The highest BCUT2D eigenvalue weighted by atomic mass is 32.2. The topological polar surface area (TPSA) is 120 Å². The molecule has 1 amide bonds. The number of nitrogens with zero attached hydrogens (tertiary/aromatic N) is 2. The fourth-order valence-electron chi connectivity index (χ4n) is 5.92. The molecule has 0 atom stereocenters. The fourth-order valence-corrected chi connectivity index (χ4v) is 6.46. The van der Waals surface area contributed by atoms with Gasteiger partial charge < -0.3 is 4.57 Å². The van der Waals surface area contributed by atoms with Gasteiger partial charge in [-0.2, -0.15) is 23.8 Å². The van der Waals surface area contributed by atoms with Crippen LogP contribution in [-0.2, 0) is 16.8 Å². The maximum Gasteiger partial charge on any atom is 0.303 e. The highest BCUT2D eigenvalue weighted by Gasteiger charge is 2.31. The number of fused-ring (bicyclic) bond motifs is 5. The Labute approximate surface area is 222 Å². The molecule has 11 heteroatoms. The summed E-state index contributed by atoms with van der Waals surface area (Å²) in [5.74, 6) is -0.218. The number of aromatic nitrogens is 1. The van der Waals surface area contributed by atoms with Crippen LogP contribution in [0.15, 0.2) is 48.0 Å². The van der Waals surface area contributed by atoms with Crippen molar-refractivity contribution in [3.05, 3.63) is 64.7 Å². The Balaban J connectivity index is 1.56. The van der Waals surface area contributed by atoms with Gasteiger partial charge in [-0.05, 0) is 47.6 Å². The smallest absolute Gasteiger partial charge is 0.303 e. The first-order valence-electron chi connectivity index (χ1n) is 13.0. The van der Waals surface area contributed by atoms with Crippen molar-refractivity contribution in [1.82, 2.24) is 35.5 Å². The van der Waals surface area contributed by atoms with E-state index in [4.69, 9.17) is 0 Å². The van der Waals surface area contributed by atoms with Gasteiger partial charge in [0, 0.05) is 42.7 Å². The van der Waals surface area contributed by atoms with Crippen LogP contribution in [0.2, 0.25) is 0 Å². The van der Waals surface area contributed by atoms with Gasteiger partial charge >= 0.3 is 10.2 Å². The van der Waals surface area contributed by atoms with Gasteiger partial charge in [-0.15, -0.1) is 0 Å². The van der Waals surface area contributed by atoms with Crippen LogP contribution in [0.4, 0.5) is 0 Å². The predicted octanol–water partition coefficient (Wildman–Crippen LogP) is 2.73. The van der Waals surface area contributed by atoms with Crippen molar-refractivity contribution in [2.24, 2.45) is 0 Å². The van der Waals surface area contributed by atoms with E-state index >= 15 is 0 Å². The molecule has 1 aromatic heterocycles. The third-order valence-corrected chi connectivity index (χ3v) is 9.25. The number of benzene rings is 2. The normalized spacial score (nSPS) is 18.8. The summed E-state index contributed by atoms with van der Waals surface area (Å²) in [5.41, 5.74) is 19.4. The van der Waals surface area contributed by atoms with Gasteiger partial charge in [0.1, 0.15) is 6.17 Å². The van der Waals surface area contributed by atoms with E-state index in [9.17, 15) is 13.2 Å². The molecule has 5 N–H and O–H groups in total. The highest BCUT2D eigenvalue weighted by Crippen LogP contribution is 2.46. The van der Waals surface area contributed by atoms with Crippen LogP contribution >= 0.6 is 0 Å². The lowest BCUT2D eigenvalue weighted by atomic mass is 9.81. The largest absolute Gasteiger partial charge is 0.336 e. The number of rotatable bonds is 5. The summed E-state index contributed by atoms with van der Waals surface area (Å²) < 4.78 is 30.2. The van der Waals surface area contributed by atoms with E-state index in [2.05, 4.69) is 61.6 Å². The second kappa shape index (κ2) is 9.92. The summed E-state index contributed by atoms with van der Waals surface area (Å²) in [6, 6.07) is 14.0. The Morgan fingerprint density at radius 2 is 1.76 bits per heavy atom. The third kappa shape index (κ3) is 4.45. The highest BCUT2D eigenvalue weighted by molar-refractivity contribution is 7.87. The number of carbonyl (C=O) groups is 1. The lowest BCUT2D eigenvalue weighted by Crippen LogP contribution is -2.39. The predicted molar refractivity (Wildman–Crippen MR) is 148 cm³/mol. The molecular weight excluding hydrogens is 502 g/mol. The van der Waals surface area contributed by atoms with E-state index in [1.165, 1.54) is 50.2 Å². The van der Waals surface area contributed by atoms with Crippen LogP contribution in [0.25, 0.3) is 28.2 Å². The average Bonchev–Trinajstić information content (AvgIpc) is 3.52. The van der Waals surface area contributed by atoms with Crippen molar-refractivity contribution in [2.45, 2.75) is 50.7 Å². The Morgan fingerprint density at radius 1 is 1.03 bits per heavy atom. The zero-order valence-electron chi connectivity index (χ0n) is 21.5. The summed E-state index contributed by atoms with van der Waals surface area (Å²) >= 11 is 0. The molecule has 2 fully saturated rings. The first-order valence-corrected chi connectivity index (χ1v) is 14.5. The number of hydrogen-bond acceptors (Lipinski definition) is 7. The minimum absolute atomic E-state index is 0.138. The molecule has 6 rings (SSSR count). The molecule has 200 valence electrons. The van der Waals surface area contributed by atoms with Gasteiger partial charge in [-0.1, -0.05) is 55.7 Å². The van der Waals surface area contributed by atoms with E-state index in [0.717, 1.165) is 39.2 Å². The Hall–Kier alpha value is -3.06. The molecule has 2 aliphatic heterocycles. The van der Waals surface area contributed by atoms with Gasteiger partial charge in [-0.25, -0.2) is 15.6 Å². The molecule has 0 unspecified atom stereocenters. The molecule has 38 heavy (non-hydrogen) atoms. The molecule has 10 nitrogen and oxygen atoms in total. The lowest BCUT2D eigenvalue weighted by Gasteiger charge is -2.24. The first-order chi connectivity index (χ1) is 18.3. The number of hydrazine groups is 3. The zero-order valence-corrected chi connectivity index (χ0v) is 22.4. The van der Waals surface area contributed by atoms with Gasteiger partial charge in [0.15, 0.2) is 0 Å². The third-order valence-electron chi connectivity index (χ3n) is 7.85. The number of amides is 1. The summed E-state index contributed by atoms with van der Waals surface area (Å²) in [4.78, 5) is 13.1. The maximum absolute atomic E-state index is 13.1. The molecule has 3 heterocycles. The second-order valence-electron chi connectivity index (χ2n) is 10.4. The lowest BCUT2D eigenvalue weighted by molar-refractivity contribution is 0.0980. The minimum atomic E-state index is -3.91.